The number of cyclic esters (lactones) is 2. The molecular weight excluding hydrogens is 332 g/mol. The van der Waals surface area contributed by atoms with Crippen LogP contribution in [-0.4, -0.2) is 34.1 Å². The monoisotopic (exact) mass is 342 g/mol. The van der Waals surface area contributed by atoms with Gasteiger partial charge in [-0.25, -0.2) is 9.59 Å². The van der Waals surface area contributed by atoms with E-state index < -0.39 is 40.9 Å². The number of carbonyl (C=O) groups excluding carboxylic acids is 2. The second-order valence-electron chi connectivity index (χ2n) is 5.13. The fourth-order valence-electron chi connectivity index (χ4n) is 2.40. The van der Waals surface area contributed by atoms with Crippen LogP contribution in [0.15, 0.2) is 42.5 Å². The number of carbonyl (C=O) groups is 4. The molecule has 1 heterocycles. The number of hydrogen-bond donors (Lipinski definition) is 2. The van der Waals surface area contributed by atoms with Crippen molar-refractivity contribution in [2.75, 3.05) is 0 Å². The summed E-state index contributed by atoms with van der Waals surface area (Å²) >= 11 is 0. The summed E-state index contributed by atoms with van der Waals surface area (Å²) in [6.45, 7) is 0. The maximum Gasteiger partial charge on any atom is 0.340 e. The van der Waals surface area contributed by atoms with E-state index in [9.17, 15) is 24.3 Å². The van der Waals surface area contributed by atoms with E-state index in [1.165, 1.54) is 36.4 Å². The normalized spacial score (nSPS) is 13.8. The molecule has 1 aliphatic rings. The zero-order valence-electron chi connectivity index (χ0n) is 12.5. The van der Waals surface area contributed by atoms with E-state index in [0.29, 0.717) is 5.56 Å². The molecule has 3 rings (SSSR count). The molecule has 2 aromatic rings. The second kappa shape index (κ2) is 6.08. The lowest BCUT2D eigenvalue weighted by Crippen LogP contribution is -2.38. The van der Waals surface area contributed by atoms with Gasteiger partial charge < -0.3 is 19.7 Å². The summed E-state index contributed by atoms with van der Waals surface area (Å²) in [5, 5.41) is 18.3. The third kappa shape index (κ3) is 2.92. The number of benzene rings is 2. The standard InChI is InChI=1S/C17H10O8/c18-14(19)10-2-1-3-11(13(10)15(20)21)24-9-6-4-8(5-7-9)12-16(22)25-17(12)23/h1-7,12H,(H,18,19)(H,20,21). The highest BCUT2D eigenvalue weighted by Gasteiger charge is 2.42. The van der Waals surface area contributed by atoms with E-state index in [1.54, 1.807) is 0 Å². The number of hydrogen-bond acceptors (Lipinski definition) is 6. The van der Waals surface area contributed by atoms with Crippen LogP contribution >= 0.6 is 0 Å². The van der Waals surface area contributed by atoms with Crippen molar-refractivity contribution in [1.82, 2.24) is 0 Å². The van der Waals surface area contributed by atoms with Crippen LogP contribution in [0.3, 0.4) is 0 Å². The van der Waals surface area contributed by atoms with Gasteiger partial charge in [0.05, 0.1) is 5.56 Å². The minimum absolute atomic E-state index is 0.140. The summed E-state index contributed by atoms with van der Waals surface area (Å²) in [7, 11) is 0. The Morgan fingerprint density at radius 2 is 1.56 bits per heavy atom. The smallest absolute Gasteiger partial charge is 0.340 e. The quantitative estimate of drug-likeness (QED) is 0.624. The van der Waals surface area contributed by atoms with E-state index >= 15 is 0 Å². The van der Waals surface area contributed by atoms with Crippen LogP contribution in [0.2, 0.25) is 0 Å². The average molecular weight is 342 g/mol. The Morgan fingerprint density at radius 3 is 2.08 bits per heavy atom. The van der Waals surface area contributed by atoms with Crippen molar-refractivity contribution in [3.8, 4) is 11.5 Å². The molecule has 2 N–H and O–H groups in total. The SMILES string of the molecule is O=C(O)c1cccc(Oc2ccc(C3C(=O)OC3=O)cc2)c1C(=O)O. The fraction of sp³-hybridized carbons (Fsp3) is 0.0588. The third-order valence-corrected chi connectivity index (χ3v) is 3.58. The van der Waals surface area contributed by atoms with Crippen LogP contribution in [0.25, 0.3) is 0 Å². The van der Waals surface area contributed by atoms with E-state index in [-0.39, 0.29) is 11.5 Å². The molecule has 0 radical (unpaired) electrons. The molecule has 0 aromatic heterocycles. The van der Waals surface area contributed by atoms with Crippen LogP contribution in [0.5, 0.6) is 11.5 Å². The lowest BCUT2D eigenvalue weighted by atomic mass is 9.96. The summed E-state index contributed by atoms with van der Waals surface area (Å²) in [6, 6.07) is 9.68. The zero-order chi connectivity index (χ0) is 18.1. The Balaban J connectivity index is 1.89. The summed E-state index contributed by atoms with van der Waals surface area (Å²) in [5.74, 6) is -4.98. The number of carboxylic acid groups (broad SMARTS) is 2. The van der Waals surface area contributed by atoms with E-state index in [1.807, 2.05) is 0 Å². The van der Waals surface area contributed by atoms with Crippen molar-refractivity contribution in [2.24, 2.45) is 0 Å². The van der Waals surface area contributed by atoms with Crippen LogP contribution in [0.1, 0.15) is 32.2 Å². The molecule has 0 spiro atoms. The van der Waals surface area contributed by atoms with Gasteiger partial charge in [-0.3, -0.25) is 9.59 Å². The number of aromatic carboxylic acids is 2. The number of ether oxygens (including phenoxy) is 2. The topological polar surface area (TPSA) is 127 Å². The van der Waals surface area contributed by atoms with Crippen LogP contribution in [-0.2, 0) is 14.3 Å². The van der Waals surface area contributed by atoms with E-state index in [2.05, 4.69) is 4.74 Å². The number of carboxylic acids is 2. The van der Waals surface area contributed by atoms with Crippen LogP contribution in [0.4, 0.5) is 0 Å². The molecule has 1 fully saturated rings. The molecule has 1 aliphatic heterocycles. The van der Waals surface area contributed by atoms with Gasteiger partial charge in [-0.1, -0.05) is 18.2 Å². The molecule has 0 bridgehead atoms. The van der Waals surface area contributed by atoms with Crippen LogP contribution < -0.4 is 4.74 Å². The Hall–Kier alpha value is -3.68. The van der Waals surface area contributed by atoms with Crippen molar-refractivity contribution >= 4 is 23.9 Å². The molecule has 0 amide bonds. The molecule has 0 saturated carbocycles. The minimum atomic E-state index is -1.44. The van der Waals surface area contributed by atoms with Crippen LogP contribution in [0, 0.1) is 0 Å². The summed E-state index contributed by atoms with van der Waals surface area (Å²) in [4.78, 5) is 45.0. The second-order valence-corrected chi connectivity index (χ2v) is 5.13. The summed E-state index contributed by atoms with van der Waals surface area (Å²) in [5.41, 5.74) is -0.451. The van der Waals surface area contributed by atoms with Gasteiger partial charge in [-0.2, -0.15) is 0 Å². The lowest BCUT2D eigenvalue weighted by molar-refractivity contribution is -0.178. The lowest BCUT2D eigenvalue weighted by Gasteiger charge is -2.22. The van der Waals surface area contributed by atoms with Gasteiger partial charge in [0.15, 0.2) is 5.92 Å². The first-order valence-electron chi connectivity index (χ1n) is 7.01. The number of esters is 2. The van der Waals surface area contributed by atoms with Crippen molar-refractivity contribution in [3.63, 3.8) is 0 Å². The van der Waals surface area contributed by atoms with Crippen molar-refractivity contribution in [2.45, 2.75) is 5.92 Å². The fourth-order valence-corrected chi connectivity index (χ4v) is 2.40. The Labute approximate surface area is 140 Å². The molecule has 0 atom stereocenters. The highest BCUT2D eigenvalue weighted by molar-refractivity contribution is 6.14. The molecule has 25 heavy (non-hydrogen) atoms. The van der Waals surface area contributed by atoms with Gasteiger partial charge in [0.25, 0.3) is 0 Å². The molecule has 0 unspecified atom stereocenters. The Bertz CT molecular complexity index is 883. The Kier molecular flexibility index (Phi) is 3.94. The van der Waals surface area contributed by atoms with E-state index in [4.69, 9.17) is 9.84 Å². The van der Waals surface area contributed by atoms with Crippen molar-refractivity contribution in [3.05, 3.63) is 59.2 Å². The molecule has 8 heteroatoms. The molecule has 126 valence electrons. The molecular formula is C17H10O8. The van der Waals surface area contributed by atoms with Gasteiger partial charge in [-0.15, -0.1) is 0 Å². The molecule has 0 aliphatic carbocycles. The summed E-state index contributed by atoms with van der Waals surface area (Å²) < 4.78 is 9.74. The van der Waals surface area contributed by atoms with Gasteiger partial charge >= 0.3 is 23.9 Å². The first-order chi connectivity index (χ1) is 11.9. The van der Waals surface area contributed by atoms with Crippen molar-refractivity contribution in [1.29, 1.82) is 0 Å². The predicted octanol–water partition coefficient (Wildman–Crippen LogP) is 2.04. The highest BCUT2D eigenvalue weighted by atomic mass is 16.6. The largest absolute Gasteiger partial charge is 0.478 e. The zero-order valence-corrected chi connectivity index (χ0v) is 12.5. The van der Waals surface area contributed by atoms with Crippen molar-refractivity contribution < 1.29 is 38.9 Å². The maximum atomic E-state index is 11.4. The molecule has 2 aromatic carbocycles. The highest BCUT2D eigenvalue weighted by Crippen LogP contribution is 2.31. The maximum absolute atomic E-state index is 11.4. The van der Waals surface area contributed by atoms with E-state index in [0.717, 1.165) is 6.07 Å². The average Bonchev–Trinajstić information content (AvgIpc) is 2.56. The first kappa shape index (κ1) is 16.2. The predicted molar refractivity (Wildman–Crippen MR) is 80.7 cm³/mol. The third-order valence-electron chi connectivity index (χ3n) is 3.58. The van der Waals surface area contributed by atoms with Gasteiger partial charge in [0.1, 0.15) is 17.1 Å². The van der Waals surface area contributed by atoms with Gasteiger partial charge in [0, 0.05) is 0 Å². The molecule has 1 saturated heterocycles. The van der Waals surface area contributed by atoms with Gasteiger partial charge in [0.2, 0.25) is 0 Å². The molecule has 8 nitrogen and oxygen atoms in total. The first-order valence-corrected chi connectivity index (χ1v) is 7.01. The number of rotatable bonds is 5. The summed E-state index contributed by atoms with van der Waals surface area (Å²) in [6.07, 6.45) is 0. The minimum Gasteiger partial charge on any atom is -0.478 e. The van der Waals surface area contributed by atoms with Gasteiger partial charge in [-0.05, 0) is 29.8 Å². The Morgan fingerprint density at radius 1 is 0.920 bits per heavy atom.